The molecule has 1 aromatic rings. The van der Waals surface area contributed by atoms with E-state index in [-0.39, 0.29) is 0 Å². The first-order chi connectivity index (χ1) is 9.19. The highest BCUT2D eigenvalue weighted by Gasteiger charge is 2.03. The molecule has 1 aromatic carbocycles. The summed E-state index contributed by atoms with van der Waals surface area (Å²) in [5, 5.41) is 0. The van der Waals surface area contributed by atoms with Gasteiger partial charge in [0.05, 0.1) is 0 Å². The van der Waals surface area contributed by atoms with E-state index in [1.165, 1.54) is 16.0 Å². The summed E-state index contributed by atoms with van der Waals surface area (Å²) < 4.78 is 0. The lowest BCUT2D eigenvalue weighted by Crippen LogP contribution is -1.88. The third-order valence-electron chi connectivity index (χ3n) is 2.87. The fraction of sp³-hybridized carbons (Fsp3) is 0.333. The summed E-state index contributed by atoms with van der Waals surface area (Å²) in [5.41, 5.74) is 2.66. The highest BCUT2D eigenvalue weighted by Crippen LogP contribution is 2.28. The van der Waals surface area contributed by atoms with Crippen molar-refractivity contribution in [3.05, 3.63) is 66.3 Å². The van der Waals surface area contributed by atoms with Crippen LogP contribution in [-0.2, 0) is 0 Å². The van der Waals surface area contributed by atoms with Gasteiger partial charge >= 0.3 is 0 Å². The van der Waals surface area contributed by atoms with Crippen molar-refractivity contribution in [3.63, 3.8) is 0 Å². The van der Waals surface area contributed by atoms with Crippen LogP contribution in [-0.4, -0.2) is 5.75 Å². The van der Waals surface area contributed by atoms with E-state index in [9.17, 15) is 0 Å². The zero-order chi connectivity index (χ0) is 14.1. The predicted octanol–water partition coefficient (Wildman–Crippen LogP) is 6.04. The lowest BCUT2D eigenvalue weighted by atomic mass is 10.0. The van der Waals surface area contributed by atoms with Gasteiger partial charge in [-0.25, -0.2) is 0 Å². The fourth-order valence-corrected chi connectivity index (χ4v) is 2.65. The molecule has 102 valence electrons. The van der Waals surface area contributed by atoms with E-state index in [0.717, 1.165) is 12.2 Å². The Morgan fingerprint density at radius 2 is 1.89 bits per heavy atom. The highest BCUT2D eigenvalue weighted by molar-refractivity contribution is 8.08. The maximum absolute atomic E-state index is 3.81. The Labute approximate surface area is 122 Å². The number of hydrogen-bond donors (Lipinski definition) is 0. The van der Waals surface area contributed by atoms with Crippen LogP contribution in [0.25, 0.3) is 4.91 Å². The van der Waals surface area contributed by atoms with E-state index in [1.54, 1.807) is 0 Å². The van der Waals surface area contributed by atoms with E-state index in [2.05, 4.69) is 69.8 Å². The lowest BCUT2D eigenvalue weighted by molar-refractivity contribution is 0.866. The van der Waals surface area contributed by atoms with Gasteiger partial charge in [0.1, 0.15) is 0 Å². The highest BCUT2D eigenvalue weighted by atomic mass is 32.2. The third-order valence-corrected chi connectivity index (χ3v) is 3.91. The van der Waals surface area contributed by atoms with E-state index < -0.39 is 0 Å². The van der Waals surface area contributed by atoms with E-state index >= 15 is 0 Å². The molecule has 0 bridgehead atoms. The van der Waals surface area contributed by atoms with Gasteiger partial charge in [-0.05, 0) is 29.5 Å². The summed E-state index contributed by atoms with van der Waals surface area (Å²) in [4.78, 5) is 1.28. The van der Waals surface area contributed by atoms with Gasteiger partial charge in [-0.15, -0.1) is 11.8 Å². The Hall–Kier alpha value is -1.21. The topological polar surface area (TPSA) is 0 Å². The molecule has 0 spiro atoms. The average Bonchev–Trinajstić information content (AvgIpc) is 2.42. The second-order valence-electron chi connectivity index (χ2n) is 4.73. The fourth-order valence-electron chi connectivity index (χ4n) is 1.74. The normalized spacial score (nSPS) is 12.3. The molecule has 0 saturated carbocycles. The number of thioether (sulfide) groups is 1. The molecule has 0 nitrogen and oxygen atoms in total. The smallest absolute Gasteiger partial charge is 0.0161 e. The minimum atomic E-state index is 0.584. The molecule has 0 amide bonds. The second-order valence-corrected chi connectivity index (χ2v) is 5.80. The molecule has 0 aromatic heterocycles. The molecular weight excluding hydrogens is 248 g/mol. The van der Waals surface area contributed by atoms with Crippen LogP contribution >= 0.6 is 11.8 Å². The Morgan fingerprint density at radius 1 is 1.21 bits per heavy atom. The molecular formula is C18H24S. The molecule has 0 aliphatic carbocycles. The van der Waals surface area contributed by atoms with Crippen molar-refractivity contribution < 1.29 is 0 Å². The SMILES string of the molecule is C=C/C=C(\SC/C=C/CC)c1ccc(C(C)C)cc1. The predicted molar refractivity (Wildman–Crippen MR) is 90.6 cm³/mol. The third kappa shape index (κ3) is 5.52. The molecule has 0 radical (unpaired) electrons. The number of benzene rings is 1. The number of allylic oxidation sites excluding steroid dienone is 3. The molecule has 0 saturated heterocycles. The molecule has 19 heavy (non-hydrogen) atoms. The van der Waals surface area contributed by atoms with E-state index in [4.69, 9.17) is 0 Å². The van der Waals surface area contributed by atoms with Gasteiger partial charge < -0.3 is 0 Å². The van der Waals surface area contributed by atoms with Crippen LogP contribution in [0.1, 0.15) is 44.2 Å². The average molecular weight is 272 g/mol. The van der Waals surface area contributed by atoms with Crippen LogP contribution in [0.2, 0.25) is 0 Å². The van der Waals surface area contributed by atoms with Crippen LogP contribution in [0.5, 0.6) is 0 Å². The Balaban J connectivity index is 2.78. The van der Waals surface area contributed by atoms with Gasteiger partial charge in [0.2, 0.25) is 0 Å². The first kappa shape index (κ1) is 15.8. The molecule has 0 aliphatic rings. The summed E-state index contributed by atoms with van der Waals surface area (Å²) in [6, 6.07) is 8.86. The van der Waals surface area contributed by atoms with Crippen LogP contribution in [0.4, 0.5) is 0 Å². The summed E-state index contributed by atoms with van der Waals surface area (Å²) in [6.07, 6.45) is 9.49. The maximum Gasteiger partial charge on any atom is 0.0161 e. The largest absolute Gasteiger partial charge is 0.121 e. The standard InChI is InChI=1S/C18H24S/c1-5-7-8-14-19-18(9-6-2)17-12-10-16(11-13-17)15(3)4/h6-13,15H,2,5,14H2,1,3-4H3/b8-7+,18-9-. The second kappa shape index (κ2) is 8.82. The van der Waals surface area contributed by atoms with Gasteiger partial charge in [-0.3, -0.25) is 0 Å². The molecule has 0 unspecified atom stereocenters. The molecule has 0 atom stereocenters. The summed E-state index contributed by atoms with van der Waals surface area (Å²) in [5.74, 6) is 1.60. The minimum Gasteiger partial charge on any atom is -0.121 e. The molecule has 1 heteroatoms. The van der Waals surface area contributed by atoms with E-state index in [1.807, 2.05) is 17.8 Å². The van der Waals surface area contributed by atoms with Gasteiger partial charge in [0.15, 0.2) is 0 Å². The monoisotopic (exact) mass is 272 g/mol. The molecule has 0 heterocycles. The summed E-state index contributed by atoms with van der Waals surface area (Å²) >= 11 is 1.86. The van der Waals surface area contributed by atoms with Crippen LogP contribution in [0.15, 0.2) is 55.1 Å². The van der Waals surface area contributed by atoms with Gasteiger partial charge in [0, 0.05) is 10.7 Å². The number of rotatable bonds is 7. The van der Waals surface area contributed by atoms with Crippen LogP contribution in [0, 0.1) is 0 Å². The summed E-state index contributed by atoms with van der Waals surface area (Å²) in [7, 11) is 0. The Kier molecular flexibility index (Phi) is 7.35. The maximum atomic E-state index is 3.81. The van der Waals surface area contributed by atoms with E-state index in [0.29, 0.717) is 5.92 Å². The molecule has 0 aliphatic heterocycles. The van der Waals surface area contributed by atoms with Gasteiger partial charge in [-0.1, -0.05) is 69.8 Å². The zero-order valence-electron chi connectivity index (χ0n) is 12.2. The Bertz CT molecular complexity index is 435. The zero-order valence-corrected chi connectivity index (χ0v) is 13.0. The number of hydrogen-bond acceptors (Lipinski definition) is 1. The van der Waals surface area contributed by atoms with Crippen molar-refractivity contribution in [1.82, 2.24) is 0 Å². The Morgan fingerprint density at radius 3 is 2.42 bits per heavy atom. The van der Waals surface area contributed by atoms with Crippen LogP contribution in [0.3, 0.4) is 0 Å². The van der Waals surface area contributed by atoms with Crippen molar-refractivity contribution in [1.29, 1.82) is 0 Å². The van der Waals surface area contributed by atoms with Crippen molar-refractivity contribution in [2.75, 3.05) is 5.75 Å². The molecule has 0 N–H and O–H groups in total. The lowest BCUT2D eigenvalue weighted by Gasteiger charge is -2.09. The molecule has 0 fully saturated rings. The minimum absolute atomic E-state index is 0.584. The van der Waals surface area contributed by atoms with Crippen LogP contribution < -0.4 is 0 Å². The van der Waals surface area contributed by atoms with Gasteiger partial charge in [-0.2, -0.15) is 0 Å². The van der Waals surface area contributed by atoms with Gasteiger partial charge in [0.25, 0.3) is 0 Å². The van der Waals surface area contributed by atoms with Crippen molar-refractivity contribution in [3.8, 4) is 0 Å². The first-order valence-electron chi connectivity index (χ1n) is 6.89. The van der Waals surface area contributed by atoms with Crippen molar-refractivity contribution in [2.45, 2.75) is 33.1 Å². The van der Waals surface area contributed by atoms with Crippen molar-refractivity contribution in [2.24, 2.45) is 0 Å². The quantitative estimate of drug-likeness (QED) is 0.431. The van der Waals surface area contributed by atoms with Crippen molar-refractivity contribution >= 4 is 16.7 Å². The first-order valence-corrected chi connectivity index (χ1v) is 7.88. The molecule has 1 rings (SSSR count). The summed E-state index contributed by atoms with van der Waals surface area (Å²) in [6.45, 7) is 10.4.